The number of carboxylic acids is 1. The molecular weight excluding hydrogens is 170 g/mol. The lowest BCUT2D eigenvalue weighted by Gasteiger charge is -2.06. The fourth-order valence-electron chi connectivity index (χ4n) is 1.97. The van der Waals surface area contributed by atoms with E-state index < -0.39 is 11.9 Å². The van der Waals surface area contributed by atoms with Crippen molar-refractivity contribution in [3.63, 3.8) is 0 Å². The number of ketones is 1. The van der Waals surface area contributed by atoms with Crippen molar-refractivity contribution in [2.75, 3.05) is 6.54 Å². The van der Waals surface area contributed by atoms with E-state index in [0.29, 0.717) is 19.4 Å². The van der Waals surface area contributed by atoms with Crippen LogP contribution < -0.4 is 5.73 Å². The van der Waals surface area contributed by atoms with Crippen LogP contribution >= 0.6 is 0 Å². The summed E-state index contributed by atoms with van der Waals surface area (Å²) in [7, 11) is 0. The molecule has 3 N–H and O–H groups in total. The summed E-state index contributed by atoms with van der Waals surface area (Å²) in [5.41, 5.74) is 5.34. The topological polar surface area (TPSA) is 80.4 Å². The summed E-state index contributed by atoms with van der Waals surface area (Å²) < 4.78 is 0. The maximum Gasteiger partial charge on any atom is 0.307 e. The van der Waals surface area contributed by atoms with Crippen molar-refractivity contribution in [2.24, 2.45) is 23.5 Å². The molecule has 0 aromatic heterocycles. The molecule has 1 saturated carbocycles. The Kier molecular flexibility index (Phi) is 3.03. The Bertz CT molecular complexity index is 227. The van der Waals surface area contributed by atoms with Gasteiger partial charge in [0.2, 0.25) is 0 Å². The number of Topliss-reactive ketones (excluding diaryl/α,β-unsaturated/α-hetero) is 1. The van der Waals surface area contributed by atoms with Crippen LogP contribution in [0.5, 0.6) is 0 Å². The molecule has 74 valence electrons. The van der Waals surface area contributed by atoms with Crippen LogP contribution in [0.25, 0.3) is 0 Å². The van der Waals surface area contributed by atoms with Crippen molar-refractivity contribution in [3.05, 3.63) is 0 Å². The highest BCUT2D eigenvalue weighted by molar-refractivity contribution is 5.91. The van der Waals surface area contributed by atoms with E-state index in [1.807, 2.05) is 0 Å². The van der Waals surface area contributed by atoms with E-state index in [0.717, 1.165) is 0 Å². The molecule has 0 bridgehead atoms. The first-order valence-electron chi connectivity index (χ1n) is 4.54. The normalized spacial score (nSPS) is 33.7. The molecule has 4 heteroatoms. The van der Waals surface area contributed by atoms with Gasteiger partial charge >= 0.3 is 5.97 Å². The summed E-state index contributed by atoms with van der Waals surface area (Å²) in [6.45, 7) is 2.15. The van der Waals surface area contributed by atoms with Crippen LogP contribution in [-0.4, -0.2) is 23.4 Å². The van der Waals surface area contributed by atoms with Gasteiger partial charge in [-0.05, 0) is 19.4 Å². The number of carboxylic acid groups (broad SMARTS) is 1. The van der Waals surface area contributed by atoms with E-state index in [4.69, 9.17) is 10.8 Å². The molecule has 13 heavy (non-hydrogen) atoms. The smallest absolute Gasteiger partial charge is 0.307 e. The third kappa shape index (κ3) is 1.88. The number of hydrogen-bond acceptors (Lipinski definition) is 3. The number of nitrogens with two attached hydrogens (primary N) is 1. The summed E-state index contributed by atoms with van der Waals surface area (Å²) in [5, 5.41) is 8.80. The molecule has 0 aromatic rings. The average Bonchev–Trinajstić information content (AvgIpc) is 2.33. The van der Waals surface area contributed by atoms with Crippen LogP contribution in [0.2, 0.25) is 0 Å². The van der Waals surface area contributed by atoms with E-state index in [1.165, 1.54) is 0 Å². The third-order valence-corrected chi connectivity index (χ3v) is 2.83. The number of rotatable bonds is 3. The number of hydrogen-bond donors (Lipinski definition) is 2. The van der Waals surface area contributed by atoms with E-state index in [2.05, 4.69) is 0 Å². The van der Waals surface area contributed by atoms with Crippen LogP contribution in [0.1, 0.15) is 19.8 Å². The molecule has 3 unspecified atom stereocenters. The van der Waals surface area contributed by atoms with Crippen molar-refractivity contribution < 1.29 is 14.7 Å². The van der Waals surface area contributed by atoms with E-state index >= 15 is 0 Å². The lowest BCUT2D eigenvalue weighted by Crippen LogP contribution is -2.19. The quantitative estimate of drug-likeness (QED) is 0.661. The molecule has 1 aliphatic carbocycles. The summed E-state index contributed by atoms with van der Waals surface area (Å²) in [6, 6.07) is 0. The van der Waals surface area contributed by atoms with Crippen LogP contribution in [0.4, 0.5) is 0 Å². The van der Waals surface area contributed by atoms with Gasteiger partial charge < -0.3 is 10.8 Å². The first-order valence-corrected chi connectivity index (χ1v) is 4.54. The molecule has 1 rings (SSSR count). The van der Waals surface area contributed by atoms with Gasteiger partial charge in [-0.2, -0.15) is 0 Å². The van der Waals surface area contributed by atoms with Crippen molar-refractivity contribution in [1.29, 1.82) is 0 Å². The van der Waals surface area contributed by atoms with Crippen molar-refractivity contribution in [3.8, 4) is 0 Å². The predicted molar refractivity (Wildman–Crippen MR) is 47.1 cm³/mol. The van der Waals surface area contributed by atoms with Gasteiger partial charge in [-0.3, -0.25) is 9.59 Å². The monoisotopic (exact) mass is 185 g/mol. The van der Waals surface area contributed by atoms with Crippen LogP contribution in [0.3, 0.4) is 0 Å². The lowest BCUT2D eigenvalue weighted by molar-refractivity contribution is -0.144. The average molecular weight is 185 g/mol. The zero-order valence-electron chi connectivity index (χ0n) is 7.69. The molecule has 0 heterocycles. The SMILES string of the molecule is CC1C(=O)C(CCN)CC1C(=O)O. The molecule has 0 amide bonds. The Hall–Kier alpha value is -0.900. The standard InChI is InChI=1S/C9H15NO3/c1-5-7(9(12)13)4-6(2-3-10)8(5)11/h5-7H,2-4,10H2,1H3,(H,12,13). The second kappa shape index (κ2) is 3.87. The summed E-state index contributed by atoms with van der Waals surface area (Å²) >= 11 is 0. The van der Waals surface area contributed by atoms with E-state index in [9.17, 15) is 9.59 Å². The maximum absolute atomic E-state index is 11.5. The molecule has 0 aliphatic heterocycles. The fraction of sp³-hybridized carbons (Fsp3) is 0.778. The molecule has 0 spiro atoms. The van der Waals surface area contributed by atoms with Gasteiger partial charge in [-0.15, -0.1) is 0 Å². The van der Waals surface area contributed by atoms with Gasteiger partial charge in [0, 0.05) is 11.8 Å². The zero-order valence-corrected chi connectivity index (χ0v) is 7.69. The molecule has 0 saturated heterocycles. The fourth-order valence-corrected chi connectivity index (χ4v) is 1.97. The third-order valence-electron chi connectivity index (χ3n) is 2.83. The zero-order chi connectivity index (χ0) is 10.0. The Labute approximate surface area is 77.1 Å². The van der Waals surface area contributed by atoms with Crippen LogP contribution in [0, 0.1) is 17.8 Å². The Morgan fingerprint density at radius 3 is 2.69 bits per heavy atom. The Balaban J connectivity index is 2.66. The number of aliphatic carboxylic acids is 1. The molecule has 1 fully saturated rings. The lowest BCUT2D eigenvalue weighted by atomic mass is 9.98. The molecule has 0 radical (unpaired) electrons. The van der Waals surface area contributed by atoms with Gasteiger partial charge in [0.15, 0.2) is 0 Å². The summed E-state index contributed by atoms with van der Waals surface area (Å²) in [5.74, 6) is -1.75. The van der Waals surface area contributed by atoms with Crippen molar-refractivity contribution >= 4 is 11.8 Å². The maximum atomic E-state index is 11.5. The minimum absolute atomic E-state index is 0.0675. The predicted octanol–water partition coefficient (Wildman–Crippen LogP) is 0.261. The van der Waals surface area contributed by atoms with Gasteiger partial charge in [-0.25, -0.2) is 0 Å². The minimum atomic E-state index is -0.861. The van der Waals surface area contributed by atoms with Gasteiger partial charge in [0.25, 0.3) is 0 Å². The Morgan fingerprint density at radius 1 is 1.69 bits per heavy atom. The number of carbonyl (C=O) groups is 2. The van der Waals surface area contributed by atoms with Crippen LogP contribution in [0.15, 0.2) is 0 Å². The van der Waals surface area contributed by atoms with Gasteiger partial charge in [-0.1, -0.05) is 6.92 Å². The second-order valence-corrected chi connectivity index (χ2v) is 3.65. The second-order valence-electron chi connectivity index (χ2n) is 3.65. The largest absolute Gasteiger partial charge is 0.481 e. The molecule has 1 aliphatic rings. The van der Waals surface area contributed by atoms with Crippen LogP contribution in [-0.2, 0) is 9.59 Å². The highest BCUT2D eigenvalue weighted by atomic mass is 16.4. The summed E-state index contributed by atoms with van der Waals surface area (Å²) in [6.07, 6.45) is 1.08. The van der Waals surface area contributed by atoms with Crippen molar-refractivity contribution in [2.45, 2.75) is 19.8 Å². The first kappa shape index (κ1) is 10.2. The number of carbonyl (C=O) groups excluding carboxylic acids is 1. The highest BCUT2D eigenvalue weighted by Gasteiger charge is 2.42. The minimum Gasteiger partial charge on any atom is -0.481 e. The first-order chi connectivity index (χ1) is 6.07. The molecule has 4 nitrogen and oxygen atoms in total. The van der Waals surface area contributed by atoms with Crippen molar-refractivity contribution in [1.82, 2.24) is 0 Å². The Morgan fingerprint density at radius 2 is 2.31 bits per heavy atom. The molecule has 3 atom stereocenters. The van der Waals surface area contributed by atoms with E-state index in [1.54, 1.807) is 6.92 Å². The summed E-state index contributed by atoms with van der Waals surface area (Å²) in [4.78, 5) is 22.2. The van der Waals surface area contributed by atoms with Gasteiger partial charge in [0.05, 0.1) is 5.92 Å². The molecular formula is C9H15NO3. The highest BCUT2D eigenvalue weighted by Crippen LogP contribution is 2.34. The van der Waals surface area contributed by atoms with Gasteiger partial charge in [0.1, 0.15) is 5.78 Å². The molecule has 0 aromatic carbocycles. The van der Waals surface area contributed by atoms with E-state index in [-0.39, 0.29) is 17.6 Å².